The Bertz CT molecular complexity index is 1050. The topological polar surface area (TPSA) is 57.7 Å². The zero-order valence-electron chi connectivity index (χ0n) is 17.4. The second-order valence-electron chi connectivity index (χ2n) is 7.85. The van der Waals surface area contributed by atoms with Crippen LogP contribution in [0.1, 0.15) is 37.3 Å². The molecule has 5 nitrogen and oxygen atoms in total. The van der Waals surface area contributed by atoms with Gasteiger partial charge in [0.2, 0.25) is 15.9 Å². The highest BCUT2D eigenvalue weighted by Crippen LogP contribution is 2.24. The summed E-state index contributed by atoms with van der Waals surface area (Å²) in [6.07, 6.45) is 0.876. The summed E-state index contributed by atoms with van der Waals surface area (Å²) >= 11 is 0. The molecule has 168 valence electrons. The fourth-order valence-electron chi connectivity index (χ4n) is 3.50. The van der Waals surface area contributed by atoms with E-state index in [-0.39, 0.29) is 32.1 Å². The van der Waals surface area contributed by atoms with Crippen molar-refractivity contribution in [1.82, 2.24) is 9.21 Å². The summed E-state index contributed by atoms with van der Waals surface area (Å²) in [5, 5.41) is 0. The molecule has 3 rings (SSSR count). The molecule has 0 spiro atoms. The lowest BCUT2D eigenvalue weighted by Gasteiger charge is -2.34. The van der Waals surface area contributed by atoms with Gasteiger partial charge in [-0.1, -0.05) is 38.1 Å². The molecule has 0 radical (unpaired) electrons. The van der Waals surface area contributed by atoms with Gasteiger partial charge >= 0.3 is 0 Å². The number of aryl methyl sites for hydroxylation is 1. The first-order chi connectivity index (χ1) is 14.6. The van der Waals surface area contributed by atoms with E-state index in [9.17, 15) is 26.4 Å². The lowest BCUT2D eigenvalue weighted by molar-refractivity contribution is -0.132. The number of rotatable bonds is 6. The van der Waals surface area contributed by atoms with Crippen LogP contribution in [0.4, 0.5) is 13.2 Å². The predicted molar refractivity (Wildman–Crippen MR) is 111 cm³/mol. The van der Waals surface area contributed by atoms with Gasteiger partial charge in [-0.05, 0) is 35.6 Å². The standard InChI is InChI=1S/C22H25F3N2O3S/c1-15(2)17-6-3-16(4-7-17)5-10-20(28)26-11-13-27(14-12-26)31(29,30)19-9-8-18(23)21(24)22(19)25/h3-4,6-9,15H,5,10-14H2,1-2H3. The van der Waals surface area contributed by atoms with Gasteiger partial charge in [0.1, 0.15) is 4.90 Å². The van der Waals surface area contributed by atoms with Crippen LogP contribution in [0.5, 0.6) is 0 Å². The number of nitrogens with zero attached hydrogens (tertiary/aromatic N) is 2. The smallest absolute Gasteiger partial charge is 0.246 e. The summed E-state index contributed by atoms with van der Waals surface area (Å²) in [7, 11) is -4.33. The summed E-state index contributed by atoms with van der Waals surface area (Å²) in [4.78, 5) is 13.2. The van der Waals surface area contributed by atoms with Crippen LogP contribution in [-0.2, 0) is 21.2 Å². The van der Waals surface area contributed by atoms with E-state index >= 15 is 0 Å². The number of hydrogen-bond donors (Lipinski definition) is 0. The van der Waals surface area contributed by atoms with Crippen molar-refractivity contribution in [1.29, 1.82) is 0 Å². The van der Waals surface area contributed by atoms with E-state index in [0.29, 0.717) is 30.9 Å². The molecular weight excluding hydrogens is 429 g/mol. The molecule has 1 fully saturated rings. The van der Waals surface area contributed by atoms with Crippen molar-refractivity contribution in [2.45, 2.75) is 37.5 Å². The number of hydrogen-bond acceptors (Lipinski definition) is 3. The van der Waals surface area contributed by atoms with E-state index in [1.54, 1.807) is 4.90 Å². The number of benzene rings is 2. The molecule has 2 aromatic rings. The fraction of sp³-hybridized carbons (Fsp3) is 0.409. The molecule has 1 aliphatic heterocycles. The zero-order valence-corrected chi connectivity index (χ0v) is 18.3. The van der Waals surface area contributed by atoms with Gasteiger partial charge in [0.25, 0.3) is 0 Å². The molecule has 0 atom stereocenters. The van der Waals surface area contributed by atoms with E-state index in [1.807, 2.05) is 24.3 Å². The van der Waals surface area contributed by atoms with Crippen molar-refractivity contribution < 1.29 is 26.4 Å². The van der Waals surface area contributed by atoms with E-state index in [1.165, 1.54) is 5.56 Å². The molecular formula is C22H25F3N2O3S. The lowest BCUT2D eigenvalue weighted by Crippen LogP contribution is -2.50. The van der Waals surface area contributed by atoms with Crippen LogP contribution in [0.2, 0.25) is 0 Å². The predicted octanol–water partition coefficient (Wildman–Crippen LogP) is 3.69. The molecule has 1 heterocycles. The maximum atomic E-state index is 14.0. The van der Waals surface area contributed by atoms with Gasteiger partial charge in [-0.25, -0.2) is 21.6 Å². The first-order valence-electron chi connectivity index (χ1n) is 10.1. The van der Waals surface area contributed by atoms with Crippen LogP contribution in [0.25, 0.3) is 0 Å². The highest BCUT2D eigenvalue weighted by Gasteiger charge is 2.33. The second-order valence-corrected chi connectivity index (χ2v) is 9.76. The second kappa shape index (κ2) is 9.40. The Labute approximate surface area is 180 Å². The van der Waals surface area contributed by atoms with Crippen molar-refractivity contribution in [3.8, 4) is 0 Å². The van der Waals surface area contributed by atoms with Crippen molar-refractivity contribution in [2.75, 3.05) is 26.2 Å². The normalized spacial score (nSPS) is 15.5. The number of carbonyl (C=O) groups is 1. The third kappa shape index (κ3) is 5.10. The number of sulfonamides is 1. The molecule has 0 aliphatic carbocycles. The van der Waals surface area contributed by atoms with Crippen molar-refractivity contribution in [3.63, 3.8) is 0 Å². The van der Waals surface area contributed by atoms with Gasteiger partial charge in [0.15, 0.2) is 17.5 Å². The molecule has 9 heteroatoms. The van der Waals surface area contributed by atoms with Gasteiger partial charge in [0.05, 0.1) is 0 Å². The van der Waals surface area contributed by atoms with E-state index < -0.39 is 32.4 Å². The van der Waals surface area contributed by atoms with Crippen LogP contribution >= 0.6 is 0 Å². The van der Waals surface area contributed by atoms with Gasteiger partial charge < -0.3 is 4.90 Å². The van der Waals surface area contributed by atoms with Crippen LogP contribution in [0, 0.1) is 17.5 Å². The summed E-state index contributed by atoms with van der Waals surface area (Å²) in [6, 6.07) is 9.40. The highest BCUT2D eigenvalue weighted by molar-refractivity contribution is 7.89. The molecule has 0 N–H and O–H groups in total. The number of halogens is 3. The van der Waals surface area contributed by atoms with Crippen molar-refractivity contribution >= 4 is 15.9 Å². The number of piperazine rings is 1. The lowest BCUT2D eigenvalue weighted by atomic mass is 10.00. The Morgan fingerprint density at radius 2 is 1.55 bits per heavy atom. The first kappa shape index (κ1) is 23.3. The molecule has 1 aliphatic rings. The van der Waals surface area contributed by atoms with E-state index in [0.717, 1.165) is 9.87 Å². The summed E-state index contributed by atoms with van der Waals surface area (Å²) in [5.41, 5.74) is 2.28. The maximum Gasteiger partial charge on any atom is 0.246 e. The van der Waals surface area contributed by atoms with Crippen molar-refractivity contribution in [2.24, 2.45) is 0 Å². The van der Waals surface area contributed by atoms with Crippen LogP contribution in [0.3, 0.4) is 0 Å². The Morgan fingerprint density at radius 1 is 0.935 bits per heavy atom. The van der Waals surface area contributed by atoms with Gasteiger partial charge in [0, 0.05) is 32.6 Å². The van der Waals surface area contributed by atoms with Crippen LogP contribution in [-0.4, -0.2) is 49.7 Å². The Balaban J connectivity index is 1.57. The van der Waals surface area contributed by atoms with Crippen LogP contribution < -0.4 is 0 Å². The monoisotopic (exact) mass is 454 g/mol. The van der Waals surface area contributed by atoms with Gasteiger partial charge in [-0.3, -0.25) is 4.79 Å². The van der Waals surface area contributed by atoms with Crippen molar-refractivity contribution in [3.05, 3.63) is 65.0 Å². The highest BCUT2D eigenvalue weighted by atomic mass is 32.2. The fourth-order valence-corrected chi connectivity index (χ4v) is 4.98. The summed E-state index contributed by atoms with van der Waals surface area (Å²) in [5.74, 6) is -4.67. The summed E-state index contributed by atoms with van der Waals surface area (Å²) < 4.78 is 66.8. The third-order valence-electron chi connectivity index (χ3n) is 5.48. The Hall–Kier alpha value is -2.39. The molecule has 31 heavy (non-hydrogen) atoms. The molecule has 2 aromatic carbocycles. The SMILES string of the molecule is CC(C)c1ccc(CCC(=O)N2CCN(S(=O)(=O)c3ccc(F)c(F)c3F)CC2)cc1. The Morgan fingerprint density at radius 3 is 2.13 bits per heavy atom. The molecule has 0 unspecified atom stereocenters. The minimum atomic E-state index is -4.33. The molecule has 0 saturated carbocycles. The average Bonchev–Trinajstić information content (AvgIpc) is 2.76. The molecule has 0 bridgehead atoms. The van der Waals surface area contributed by atoms with Gasteiger partial charge in [-0.2, -0.15) is 4.31 Å². The van der Waals surface area contributed by atoms with E-state index in [4.69, 9.17) is 0 Å². The van der Waals surface area contributed by atoms with Crippen LogP contribution in [0.15, 0.2) is 41.3 Å². The third-order valence-corrected chi connectivity index (χ3v) is 7.40. The maximum absolute atomic E-state index is 14.0. The average molecular weight is 455 g/mol. The number of carbonyl (C=O) groups excluding carboxylic acids is 1. The minimum Gasteiger partial charge on any atom is -0.340 e. The van der Waals surface area contributed by atoms with E-state index in [2.05, 4.69) is 13.8 Å². The molecule has 1 amide bonds. The quantitative estimate of drug-likeness (QED) is 0.626. The Kier molecular flexibility index (Phi) is 7.06. The largest absolute Gasteiger partial charge is 0.340 e. The molecule has 1 saturated heterocycles. The summed E-state index contributed by atoms with van der Waals surface area (Å²) in [6.45, 7) is 4.43. The first-order valence-corrected chi connectivity index (χ1v) is 11.6. The van der Waals surface area contributed by atoms with Gasteiger partial charge in [-0.15, -0.1) is 0 Å². The molecule has 0 aromatic heterocycles. The zero-order chi connectivity index (χ0) is 22.8. The minimum absolute atomic E-state index is 0.0460. The number of amides is 1.